The average Bonchev–Trinajstić information content (AvgIpc) is 2.75. The molecular formula is C14H21N3O2. The van der Waals surface area contributed by atoms with Crippen molar-refractivity contribution in [2.75, 3.05) is 26.2 Å². The third-order valence-corrected chi connectivity index (χ3v) is 3.78. The van der Waals surface area contributed by atoms with E-state index >= 15 is 0 Å². The summed E-state index contributed by atoms with van der Waals surface area (Å²) in [6, 6.07) is 4.14. The zero-order valence-electron chi connectivity index (χ0n) is 11.6. The first-order valence-electron chi connectivity index (χ1n) is 6.71. The SMILES string of the molecule is Cc1ccc(C)n1CCC(=O)N1CCN(C=O)CC1. The van der Waals surface area contributed by atoms with Crippen molar-refractivity contribution in [3.05, 3.63) is 23.5 Å². The van der Waals surface area contributed by atoms with Gasteiger partial charge in [-0.3, -0.25) is 9.59 Å². The van der Waals surface area contributed by atoms with Gasteiger partial charge in [0.15, 0.2) is 0 Å². The Kier molecular flexibility index (Phi) is 4.24. The smallest absolute Gasteiger partial charge is 0.224 e. The van der Waals surface area contributed by atoms with Crippen LogP contribution in [0, 0.1) is 13.8 Å². The molecule has 19 heavy (non-hydrogen) atoms. The molecule has 1 aliphatic heterocycles. The summed E-state index contributed by atoms with van der Waals surface area (Å²) in [7, 11) is 0. The van der Waals surface area contributed by atoms with Gasteiger partial charge in [-0.05, 0) is 26.0 Å². The van der Waals surface area contributed by atoms with Crippen molar-refractivity contribution in [2.24, 2.45) is 0 Å². The Balaban J connectivity index is 1.84. The highest BCUT2D eigenvalue weighted by Crippen LogP contribution is 2.09. The summed E-state index contributed by atoms with van der Waals surface area (Å²) >= 11 is 0. The molecule has 5 heteroatoms. The highest BCUT2D eigenvalue weighted by Gasteiger charge is 2.19. The van der Waals surface area contributed by atoms with E-state index in [2.05, 4.69) is 30.5 Å². The first kappa shape index (κ1) is 13.6. The van der Waals surface area contributed by atoms with E-state index in [4.69, 9.17) is 0 Å². The molecule has 0 radical (unpaired) electrons. The van der Waals surface area contributed by atoms with E-state index in [9.17, 15) is 9.59 Å². The van der Waals surface area contributed by atoms with Gasteiger partial charge >= 0.3 is 0 Å². The number of nitrogens with zero attached hydrogens (tertiary/aromatic N) is 3. The fraction of sp³-hybridized carbons (Fsp3) is 0.571. The highest BCUT2D eigenvalue weighted by atomic mass is 16.2. The molecule has 0 N–H and O–H groups in total. The largest absolute Gasteiger partial charge is 0.349 e. The second-order valence-corrected chi connectivity index (χ2v) is 5.04. The quantitative estimate of drug-likeness (QED) is 0.754. The molecule has 0 saturated carbocycles. The van der Waals surface area contributed by atoms with Crippen LogP contribution in [-0.2, 0) is 16.1 Å². The lowest BCUT2D eigenvalue weighted by Crippen LogP contribution is -2.48. The molecule has 5 nitrogen and oxygen atoms in total. The van der Waals surface area contributed by atoms with Crippen LogP contribution in [0.3, 0.4) is 0 Å². The molecule has 1 aromatic rings. The third kappa shape index (κ3) is 3.16. The zero-order chi connectivity index (χ0) is 13.8. The monoisotopic (exact) mass is 263 g/mol. The van der Waals surface area contributed by atoms with Crippen molar-refractivity contribution in [3.8, 4) is 0 Å². The van der Waals surface area contributed by atoms with Crippen LogP contribution in [0.1, 0.15) is 17.8 Å². The molecule has 0 aromatic carbocycles. The van der Waals surface area contributed by atoms with E-state index in [-0.39, 0.29) is 5.91 Å². The zero-order valence-corrected chi connectivity index (χ0v) is 11.6. The van der Waals surface area contributed by atoms with E-state index in [0.29, 0.717) is 32.6 Å². The van der Waals surface area contributed by atoms with E-state index < -0.39 is 0 Å². The number of piperazine rings is 1. The molecule has 2 rings (SSSR count). The first-order chi connectivity index (χ1) is 9.11. The van der Waals surface area contributed by atoms with Crippen LogP contribution in [0.2, 0.25) is 0 Å². The Morgan fingerprint density at radius 3 is 2.26 bits per heavy atom. The minimum atomic E-state index is 0.179. The van der Waals surface area contributed by atoms with Crippen LogP contribution in [0.15, 0.2) is 12.1 Å². The Bertz CT molecular complexity index is 440. The van der Waals surface area contributed by atoms with Crippen LogP contribution in [0.5, 0.6) is 0 Å². The van der Waals surface area contributed by atoms with Crippen molar-refractivity contribution < 1.29 is 9.59 Å². The lowest BCUT2D eigenvalue weighted by molar-refractivity contribution is -0.135. The van der Waals surface area contributed by atoms with Crippen LogP contribution in [0.4, 0.5) is 0 Å². The van der Waals surface area contributed by atoms with Gasteiger partial charge in [0.2, 0.25) is 12.3 Å². The van der Waals surface area contributed by atoms with Crippen molar-refractivity contribution >= 4 is 12.3 Å². The van der Waals surface area contributed by atoms with Crippen LogP contribution in [0.25, 0.3) is 0 Å². The van der Waals surface area contributed by atoms with Gasteiger partial charge < -0.3 is 14.4 Å². The first-order valence-corrected chi connectivity index (χ1v) is 6.71. The lowest BCUT2D eigenvalue weighted by atomic mass is 10.3. The average molecular weight is 263 g/mol. The van der Waals surface area contributed by atoms with Crippen molar-refractivity contribution in [3.63, 3.8) is 0 Å². The van der Waals surface area contributed by atoms with E-state index in [1.54, 1.807) is 4.90 Å². The van der Waals surface area contributed by atoms with Crippen LogP contribution >= 0.6 is 0 Å². The molecule has 1 saturated heterocycles. The van der Waals surface area contributed by atoms with Crippen LogP contribution < -0.4 is 0 Å². The molecule has 0 spiro atoms. The lowest BCUT2D eigenvalue weighted by Gasteiger charge is -2.32. The number of carbonyl (C=O) groups is 2. The maximum absolute atomic E-state index is 12.1. The second kappa shape index (κ2) is 5.91. The molecule has 0 aliphatic carbocycles. The summed E-state index contributed by atoms with van der Waals surface area (Å²) in [5, 5.41) is 0. The maximum Gasteiger partial charge on any atom is 0.224 e. The number of amides is 2. The summed E-state index contributed by atoms with van der Waals surface area (Å²) in [4.78, 5) is 26.3. The molecule has 1 fully saturated rings. The minimum Gasteiger partial charge on any atom is -0.349 e. The number of aryl methyl sites for hydroxylation is 2. The molecule has 2 amide bonds. The molecule has 1 aliphatic rings. The standard InChI is InChI=1S/C14H21N3O2/c1-12-3-4-13(2)17(12)6-5-14(19)16-9-7-15(11-18)8-10-16/h3-4,11H,5-10H2,1-2H3. The number of hydrogen-bond acceptors (Lipinski definition) is 2. The fourth-order valence-electron chi connectivity index (χ4n) is 2.49. The fourth-order valence-corrected chi connectivity index (χ4v) is 2.49. The Morgan fingerprint density at radius 2 is 1.74 bits per heavy atom. The third-order valence-electron chi connectivity index (χ3n) is 3.78. The van der Waals surface area contributed by atoms with Crippen molar-refractivity contribution in [1.82, 2.24) is 14.4 Å². The van der Waals surface area contributed by atoms with Gasteiger partial charge in [0.1, 0.15) is 0 Å². The van der Waals surface area contributed by atoms with Gasteiger partial charge in [-0.15, -0.1) is 0 Å². The van der Waals surface area contributed by atoms with Gasteiger partial charge in [-0.1, -0.05) is 0 Å². The molecule has 0 atom stereocenters. The number of hydrogen-bond donors (Lipinski definition) is 0. The van der Waals surface area contributed by atoms with Crippen LogP contribution in [-0.4, -0.2) is 52.9 Å². The van der Waals surface area contributed by atoms with E-state index in [0.717, 1.165) is 13.0 Å². The summed E-state index contributed by atoms with van der Waals surface area (Å²) in [6.07, 6.45) is 1.38. The van der Waals surface area contributed by atoms with Crippen molar-refractivity contribution in [1.29, 1.82) is 0 Å². The van der Waals surface area contributed by atoms with Gasteiger partial charge in [-0.25, -0.2) is 0 Å². The molecule has 0 unspecified atom stereocenters. The van der Waals surface area contributed by atoms with Gasteiger partial charge in [0.25, 0.3) is 0 Å². The topological polar surface area (TPSA) is 45.6 Å². The predicted molar refractivity (Wildman–Crippen MR) is 72.7 cm³/mol. The molecule has 104 valence electrons. The molecular weight excluding hydrogens is 242 g/mol. The number of rotatable bonds is 4. The number of carbonyl (C=O) groups excluding carboxylic acids is 2. The summed E-state index contributed by atoms with van der Waals surface area (Å²) in [5.74, 6) is 0.179. The summed E-state index contributed by atoms with van der Waals surface area (Å²) in [6.45, 7) is 7.45. The van der Waals surface area contributed by atoms with E-state index in [1.165, 1.54) is 11.4 Å². The highest BCUT2D eigenvalue weighted by molar-refractivity contribution is 5.76. The molecule has 1 aromatic heterocycles. The summed E-state index contributed by atoms with van der Waals surface area (Å²) < 4.78 is 2.17. The van der Waals surface area contributed by atoms with E-state index in [1.807, 2.05) is 4.90 Å². The maximum atomic E-state index is 12.1. The molecule has 0 bridgehead atoms. The Morgan fingerprint density at radius 1 is 1.16 bits per heavy atom. The Hall–Kier alpha value is -1.78. The van der Waals surface area contributed by atoms with Crippen molar-refractivity contribution in [2.45, 2.75) is 26.8 Å². The minimum absolute atomic E-state index is 0.179. The Labute approximate surface area is 113 Å². The number of aromatic nitrogens is 1. The molecule has 2 heterocycles. The second-order valence-electron chi connectivity index (χ2n) is 5.04. The van der Waals surface area contributed by atoms with Gasteiger partial charge in [0.05, 0.1) is 0 Å². The van der Waals surface area contributed by atoms with Gasteiger partial charge in [-0.2, -0.15) is 0 Å². The normalized spacial score (nSPS) is 15.7. The van der Waals surface area contributed by atoms with Gasteiger partial charge in [0, 0.05) is 50.5 Å². The predicted octanol–water partition coefficient (Wildman–Crippen LogP) is 0.796. The summed E-state index contributed by atoms with van der Waals surface area (Å²) in [5.41, 5.74) is 2.38.